The van der Waals surface area contributed by atoms with Crippen molar-refractivity contribution in [3.8, 4) is 5.75 Å². The highest BCUT2D eigenvalue weighted by Gasteiger charge is 2.14. The molecule has 0 bridgehead atoms. The zero-order chi connectivity index (χ0) is 16.9. The molecule has 0 unspecified atom stereocenters. The Bertz CT molecular complexity index is 837. The number of hydrogen-bond acceptors (Lipinski definition) is 3. The molecular formula is C20H21NO3. The number of ether oxygens (including phenoxy) is 2. The van der Waals surface area contributed by atoms with Gasteiger partial charge in [0, 0.05) is 23.1 Å². The van der Waals surface area contributed by atoms with Gasteiger partial charge < -0.3 is 14.0 Å². The smallest absolute Gasteiger partial charge is 0.311 e. The van der Waals surface area contributed by atoms with Crippen LogP contribution < -0.4 is 4.74 Å². The second kappa shape index (κ2) is 7.21. The summed E-state index contributed by atoms with van der Waals surface area (Å²) in [6, 6.07) is 18.2. The summed E-state index contributed by atoms with van der Waals surface area (Å²) < 4.78 is 12.6. The lowest BCUT2D eigenvalue weighted by atomic mass is 10.2. The quantitative estimate of drug-likeness (QED) is 0.648. The SMILES string of the molecule is CCOC(=O)Cc1cc2cc(OC)ccc2n1Cc1ccccc1. The van der Waals surface area contributed by atoms with Crippen molar-refractivity contribution >= 4 is 16.9 Å². The van der Waals surface area contributed by atoms with E-state index in [4.69, 9.17) is 9.47 Å². The lowest BCUT2D eigenvalue weighted by Crippen LogP contribution is -2.12. The molecule has 0 amide bonds. The minimum atomic E-state index is -0.207. The average Bonchev–Trinajstić information content (AvgIpc) is 2.92. The number of esters is 1. The first kappa shape index (κ1) is 16.1. The fourth-order valence-corrected chi connectivity index (χ4v) is 2.89. The van der Waals surface area contributed by atoms with Crippen molar-refractivity contribution in [3.05, 3.63) is 65.9 Å². The van der Waals surface area contributed by atoms with Crippen molar-refractivity contribution in [2.45, 2.75) is 19.9 Å². The van der Waals surface area contributed by atoms with Gasteiger partial charge in [-0.05, 0) is 36.8 Å². The van der Waals surface area contributed by atoms with Crippen LogP contribution in [0.15, 0.2) is 54.6 Å². The molecule has 4 nitrogen and oxygen atoms in total. The topological polar surface area (TPSA) is 40.5 Å². The maximum Gasteiger partial charge on any atom is 0.311 e. The van der Waals surface area contributed by atoms with E-state index in [-0.39, 0.29) is 12.4 Å². The van der Waals surface area contributed by atoms with Gasteiger partial charge in [0.25, 0.3) is 0 Å². The van der Waals surface area contributed by atoms with Crippen LogP contribution in [0.2, 0.25) is 0 Å². The molecule has 0 spiro atoms. The van der Waals surface area contributed by atoms with Crippen LogP contribution in [0.3, 0.4) is 0 Å². The minimum Gasteiger partial charge on any atom is -0.497 e. The van der Waals surface area contributed by atoms with Crippen molar-refractivity contribution in [1.29, 1.82) is 0 Å². The first-order valence-electron chi connectivity index (χ1n) is 8.07. The second-order valence-electron chi connectivity index (χ2n) is 5.61. The number of benzene rings is 2. The Hall–Kier alpha value is -2.75. The van der Waals surface area contributed by atoms with Gasteiger partial charge in [-0.15, -0.1) is 0 Å². The number of carbonyl (C=O) groups excluding carboxylic acids is 1. The molecule has 4 heteroatoms. The molecule has 0 N–H and O–H groups in total. The molecule has 0 radical (unpaired) electrons. The standard InChI is InChI=1S/C20H21NO3/c1-3-24-20(22)13-17-11-16-12-18(23-2)9-10-19(16)21(17)14-15-7-5-4-6-8-15/h4-12H,3,13-14H2,1-2H3. The van der Waals surface area contributed by atoms with E-state index in [1.54, 1.807) is 7.11 Å². The second-order valence-corrected chi connectivity index (χ2v) is 5.61. The van der Waals surface area contributed by atoms with E-state index in [1.807, 2.05) is 49.4 Å². The number of methoxy groups -OCH3 is 1. The molecule has 1 aromatic heterocycles. The van der Waals surface area contributed by atoms with E-state index in [9.17, 15) is 4.79 Å². The molecule has 24 heavy (non-hydrogen) atoms. The third-order valence-corrected chi connectivity index (χ3v) is 4.01. The molecule has 0 saturated heterocycles. The molecule has 1 heterocycles. The van der Waals surface area contributed by atoms with Crippen LogP contribution >= 0.6 is 0 Å². The van der Waals surface area contributed by atoms with E-state index >= 15 is 0 Å². The highest BCUT2D eigenvalue weighted by molar-refractivity contribution is 5.85. The Kier molecular flexibility index (Phi) is 4.85. The van der Waals surface area contributed by atoms with Crippen molar-refractivity contribution in [2.75, 3.05) is 13.7 Å². The van der Waals surface area contributed by atoms with Crippen LogP contribution in [-0.2, 0) is 22.5 Å². The van der Waals surface area contributed by atoms with Crippen molar-refractivity contribution in [1.82, 2.24) is 4.57 Å². The lowest BCUT2D eigenvalue weighted by molar-refractivity contribution is -0.142. The van der Waals surface area contributed by atoms with Crippen LogP contribution in [0.5, 0.6) is 5.75 Å². The normalized spacial score (nSPS) is 10.8. The van der Waals surface area contributed by atoms with Crippen molar-refractivity contribution in [2.24, 2.45) is 0 Å². The molecule has 0 aliphatic rings. The van der Waals surface area contributed by atoms with Gasteiger partial charge in [-0.3, -0.25) is 4.79 Å². The summed E-state index contributed by atoms with van der Waals surface area (Å²) in [7, 11) is 1.65. The van der Waals surface area contributed by atoms with Gasteiger partial charge in [-0.1, -0.05) is 30.3 Å². The van der Waals surface area contributed by atoms with Gasteiger partial charge in [0.2, 0.25) is 0 Å². The minimum absolute atomic E-state index is 0.207. The Labute approximate surface area is 141 Å². The first-order valence-corrected chi connectivity index (χ1v) is 8.07. The van der Waals surface area contributed by atoms with E-state index in [1.165, 1.54) is 5.56 Å². The molecule has 0 aliphatic heterocycles. The number of hydrogen-bond donors (Lipinski definition) is 0. The van der Waals surface area contributed by atoms with E-state index < -0.39 is 0 Å². The number of nitrogens with zero attached hydrogens (tertiary/aromatic N) is 1. The summed E-state index contributed by atoms with van der Waals surface area (Å²) in [6.07, 6.45) is 0.262. The zero-order valence-corrected chi connectivity index (χ0v) is 14.0. The maximum absolute atomic E-state index is 12.0. The van der Waals surface area contributed by atoms with Gasteiger partial charge in [-0.25, -0.2) is 0 Å². The largest absolute Gasteiger partial charge is 0.497 e. The van der Waals surface area contributed by atoms with Crippen molar-refractivity contribution in [3.63, 3.8) is 0 Å². The van der Waals surface area contributed by atoms with Gasteiger partial charge in [0.1, 0.15) is 5.75 Å². The Morgan fingerprint density at radius 2 is 1.88 bits per heavy atom. The first-order chi connectivity index (χ1) is 11.7. The number of fused-ring (bicyclic) bond motifs is 1. The van der Waals surface area contributed by atoms with Crippen LogP contribution in [0.4, 0.5) is 0 Å². The highest BCUT2D eigenvalue weighted by atomic mass is 16.5. The molecular weight excluding hydrogens is 302 g/mol. The molecule has 0 fully saturated rings. The van der Waals surface area contributed by atoms with Crippen LogP contribution in [0.1, 0.15) is 18.2 Å². The maximum atomic E-state index is 12.0. The average molecular weight is 323 g/mol. The molecule has 124 valence electrons. The molecule has 3 rings (SSSR count). The predicted molar refractivity (Wildman–Crippen MR) is 94.4 cm³/mol. The third kappa shape index (κ3) is 3.43. The zero-order valence-electron chi connectivity index (χ0n) is 14.0. The van der Waals surface area contributed by atoms with Crippen LogP contribution in [0, 0.1) is 0 Å². The van der Waals surface area contributed by atoms with Crippen LogP contribution in [0.25, 0.3) is 10.9 Å². The fourth-order valence-electron chi connectivity index (χ4n) is 2.89. The van der Waals surface area contributed by atoms with Gasteiger partial charge in [0.15, 0.2) is 0 Å². The predicted octanol–water partition coefficient (Wildman–Crippen LogP) is 3.80. The fraction of sp³-hybridized carbons (Fsp3) is 0.250. The van der Waals surface area contributed by atoms with Crippen LogP contribution in [-0.4, -0.2) is 24.3 Å². The lowest BCUT2D eigenvalue weighted by Gasteiger charge is -2.11. The summed E-state index contributed by atoms with van der Waals surface area (Å²) >= 11 is 0. The number of aromatic nitrogens is 1. The third-order valence-electron chi connectivity index (χ3n) is 4.01. The monoisotopic (exact) mass is 323 g/mol. The molecule has 0 saturated carbocycles. The van der Waals surface area contributed by atoms with E-state index in [2.05, 4.69) is 16.7 Å². The number of carbonyl (C=O) groups is 1. The summed E-state index contributed by atoms with van der Waals surface area (Å²) in [5.41, 5.74) is 3.22. The highest BCUT2D eigenvalue weighted by Crippen LogP contribution is 2.26. The Morgan fingerprint density at radius 3 is 2.58 bits per heavy atom. The van der Waals surface area contributed by atoms with Gasteiger partial charge >= 0.3 is 5.97 Å². The Morgan fingerprint density at radius 1 is 1.08 bits per heavy atom. The van der Waals surface area contributed by atoms with E-state index in [0.29, 0.717) is 13.2 Å². The number of rotatable bonds is 6. The Balaban J connectivity index is 2.03. The van der Waals surface area contributed by atoms with Crippen molar-refractivity contribution < 1.29 is 14.3 Å². The summed E-state index contributed by atoms with van der Waals surface area (Å²) in [5.74, 6) is 0.601. The van der Waals surface area contributed by atoms with E-state index in [0.717, 1.165) is 22.3 Å². The summed E-state index contributed by atoms with van der Waals surface area (Å²) in [6.45, 7) is 2.93. The summed E-state index contributed by atoms with van der Waals surface area (Å²) in [5, 5.41) is 1.06. The molecule has 3 aromatic rings. The molecule has 0 atom stereocenters. The van der Waals surface area contributed by atoms with Gasteiger partial charge in [0.05, 0.1) is 20.1 Å². The molecule has 0 aliphatic carbocycles. The van der Waals surface area contributed by atoms with Gasteiger partial charge in [-0.2, -0.15) is 0 Å². The summed E-state index contributed by atoms with van der Waals surface area (Å²) in [4.78, 5) is 12.0. The molecule has 2 aromatic carbocycles.